The zero-order valence-corrected chi connectivity index (χ0v) is 13.4. The Bertz CT molecular complexity index is 521. The molecule has 1 aliphatic rings. The third-order valence-electron chi connectivity index (χ3n) is 4.25. The Hall–Kier alpha value is -1.53. The van der Waals surface area contributed by atoms with E-state index < -0.39 is 0 Å². The van der Waals surface area contributed by atoms with E-state index in [-0.39, 0.29) is 11.4 Å². The molecule has 2 rings (SSSR count). The highest BCUT2D eigenvalue weighted by atomic mass is 16.2. The van der Waals surface area contributed by atoms with Gasteiger partial charge in [0.1, 0.15) is 0 Å². The van der Waals surface area contributed by atoms with Gasteiger partial charge in [-0.05, 0) is 33.8 Å². The molecule has 0 radical (unpaired) electrons. The largest absolute Gasteiger partial charge is 0.336 e. The van der Waals surface area contributed by atoms with Crippen molar-refractivity contribution in [3.63, 3.8) is 0 Å². The first kappa shape index (κ1) is 15.9. The molecule has 0 aromatic carbocycles. The van der Waals surface area contributed by atoms with E-state index in [9.17, 15) is 4.79 Å². The van der Waals surface area contributed by atoms with E-state index in [1.165, 1.54) is 0 Å². The summed E-state index contributed by atoms with van der Waals surface area (Å²) >= 11 is 0. The predicted octanol–water partition coefficient (Wildman–Crippen LogP) is 0.589. The highest BCUT2D eigenvalue weighted by molar-refractivity contribution is 5.95. The number of piperazine rings is 1. The van der Waals surface area contributed by atoms with Crippen LogP contribution in [0.5, 0.6) is 0 Å². The van der Waals surface area contributed by atoms with Gasteiger partial charge in [-0.1, -0.05) is 0 Å². The van der Waals surface area contributed by atoms with Crippen LogP contribution >= 0.6 is 0 Å². The molecule has 0 saturated carbocycles. The average Bonchev–Trinajstić information content (AvgIpc) is 2.49. The summed E-state index contributed by atoms with van der Waals surface area (Å²) in [6, 6.07) is 1.82. The summed E-state index contributed by atoms with van der Waals surface area (Å²) < 4.78 is 0. The van der Waals surface area contributed by atoms with Crippen LogP contribution in [0.3, 0.4) is 0 Å². The Morgan fingerprint density at radius 3 is 2.43 bits per heavy atom. The Kier molecular flexibility index (Phi) is 4.58. The first-order valence-electron chi connectivity index (χ1n) is 7.40. The van der Waals surface area contributed by atoms with E-state index in [1.54, 1.807) is 0 Å². The lowest BCUT2D eigenvalue weighted by molar-refractivity contribution is 0.0425. The number of aryl methyl sites for hydroxylation is 2. The smallest absolute Gasteiger partial charge is 0.255 e. The number of amides is 1. The molecular weight excluding hydrogens is 266 g/mol. The number of hydrogen-bond donors (Lipinski definition) is 1. The van der Waals surface area contributed by atoms with Gasteiger partial charge in [0.15, 0.2) is 0 Å². The van der Waals surface area contributed by atoms with Crippen molar-refractivity contribution in [2.24, 2.45) is 5.73 Å². The van der Waals surface area contributed by atoms with Gasteiger partial charge in [-0.3, -0.25) is 9.69 Å². The molecule has 1 amide bonds. The monoisotopic (exact) mass is 291 g/mol. The van der Waals surface area contributed by atoms with Crippen molar-refractivity contribution in [1.82, 2.24) is 20.0 Å². The Morgan fingerprint density at radius 1 is 1.24 bits per heavy atom. The zero-order chi connectivity index (χ0) is 15.6. The third-order valence-corrected chi connectivity index (χ3v) is 4.25. The van der Waals surface area contributed by atoms with Crippen LogP contribution in [0.15, 0.2) is 6.07 Å². The number of aromatic nitrogens is 2. The maximum Gasteiger partial charge on any atom is 0.255 e. The summed E-state index contributed by atoms with van der Waals surface area (Å²) in [6.07, 6.45) is 0. The van der Waals surface area contributed by atoms with Crippen LogP contribution in [-0.4, -0.2) is 64.2 Å². The molecular formula is C15H25N5O. The Labute approximate surface area is 126 Å². The SMILES string of the molecule is Cc1cc(C(=O)N2CCN(C(C)(C)CN)CC2)c(C)nn1. The van der Waals surface area contributed by atoms with E-state index in [0.29, 0.717) is 17.8 Å². The Morgan fingerprint density at radius 2 is 1.86 bits per heavy atom. The van der Waals surface area contributed by atoms with E-state index in [1.807, 2.05) is 24.8 Å². The van der Waals surface area contributed by atoms with E-state index >= 15 is 0 Å². The van der Waals surface area contributed by atoms with Crippen LogP contribution < -0.4 is 5.73 Å². The number of nitrogens with zero attached hydrogens (tertiary/aromatic N) is 4. The molecule has 2 N–H and O–H groups in total. The summed E-state index contributed by atoms with van der Waals surface area (Å²) in [7, 11) is 0. The van der Waals surface area contributed by atoms with Crippen molar-refractivity contribution < 1.29 is 4.79 Å². The van der Waals surface area contributed by atoms with Gasteiger partial charge < -0.3 is 10.6 Å². The quantitative estimate of drug-likeness (QED) is 0.882. The fraction of sp³-hybridized carbons (Fsp3) is 0.667. The van der Waals surface area contributed by atoms with Gasteiger partial charge >= 0.3 is 0 Å². The van der Waals surface area contributed by atoms with Crippen molar-refractivity contribution in [3.05, 3.63) is 23.0 Å². The van der Waals surface area contributed by atoms with Gasteiger partial charge in [0, 0.05) is 38.3 Å². The summed E-state index contributed by atoms with van der Waals surface area (Å²) in [5.41, 5.74) is 7.93. The van der Waals surface area contributed by atoms with Gasteiger partial charge in [0.2, 0.25) is 0 Å². The second-order valence-electron chi connectivity index (χ2n) is 6.28. The second-order valence-corrected chi connectivity index (χ2v) is 6.28. The van der Waals surface area contributed by atoms with Gasteiger partial charge in [-0.2, -0.15) is 10.2 Å². The molecule has 1 aromatic heterocycles. The molecule has 0 atom stereocenters. The third kappa shape index (κ3) is 3.39. The molecule has 1 saturated heterocycles. The van der Waals surface area contributed by atoms with Crippen LogP contribution in [0, 0.1) is 13.8 Å². The summed E-state index contributed by atoms with van der Waals surface area (Å²) in [6.45, 7) is 11.7. The lowest BCUT2D eigenvalue weighted by Gasteiger charge is -2.43. The fourth-order valence-electron chi connectivity index (χ4n) is 2.58. The zero-order valence-electron chi connectivity index (χ0n) is 13.4. The van der Waals surface area contributed by atoms with Crippen molar-refractivity contribution in [3.8, 4) is 0 Å². The summed E-state index contributed by atoms with van der Waals surface area (Å²) in [5.74, 6) is 0.0516. The molecule has 2 heterocycles. The minimum atomic E-state index is -0.0140. The van der Waals surface area contributed by atoms with Crippen LogP contribution in [0.25, 0.3) is 0 Å². The van der Waals surface area contributed by atoms with Gasteiger partial charge in [0.25, 0.3) is 5.91 Å². The molecule has 0 bridgehead atoms. The molecule has 1 aliphatic heterocycles. The van der Waals surface area contributed by atoms with Crippen molar-refractivity contribution in [2.45, 2.75) is 33.2 Å². The van der Waals surface area contributed by atoms with Crippen LogP contribution in [0.2, 0.25) is 0 Å². The van der Waals surface area contributed by atoms with Crippen LogP contribution in [0.1, 0.15) is 35.6 Å². The maximum absolute atomic E-state index is 12.6. The van der Waals surface area contributed by atoms with Gasteiger partial charge in [-0.15, -0.1) is 0 Å². The first-order chi connectivity index (χ1) is 9.85. The van der Waals surface area contributed by atoms with Crippen molar-refractivity contribution >= 4 is 5.91 Å². The fourth-order valence-corrected chi connectivity index (χ4v) is 2.58. The number of rotatable bonds is 3. The summed E-state index contributed by atoms with van der Waals surface area (Å²) in [5, 5.41) is 8.02. The second kappa shape index (κ2) is 6.07. The van der Waals surface area contributed by atoms with E-state index in [4.69, 9.17) is 5.73 Å². The lowest BCUT2D eigenvalue weighted by Crippen LogP contribution is -2.58. The topological polar surface area (TPSA) is 75.4 Å². The Balaban J connectivity index is 2.05. The molecule has 0 spiro atoms. The molecule has 116 valence electrons. The van der Waals surface area contributed by atoms with Gasteiger partial charge in [-0.25, -0.2) is 0 Å². The maximum atomic E-state index is 12.6. The van der Waals surface area contributed by atoms with Crippen LogP contribution in [0.4, 0.5) is 0 Å². The van der Waals surface area contributed by atoms with Crippen molar-refractivity contribution in [1.29, 1.82) is 0 Å². The lowest BCUT2D eigenvalue weighted by atomic mass is 10.0. The molecule has 21 heavy (non-hydrogen) atoms. The van der Waals surface area contributed by atoms with Gasteiger partial charge in [0.05, 0.1) is 17.0 Å². The number of nitrogens with two attached hydrogens (primary N) is 1. The van der Waals surface area contributed by atoms with E-state index in [2.05, 4.69) is 28.9 Å². The first-order valence-corrected chi connectivity index (χ1v) is 7.40. The predicted molar refractivity (Wildman–Crippen MR) is 82.1 cm³/mol. The molecule has 1 fully saturated rings. The molecule has 1 aromatic rings. The summed E-state index contributed by atoms with van der Waals surface area (Å²) in [4.78, 5) is 16.9. The van der Waals surface area contributed by atoms with Crippen molar-refractivity contribution in [2.75, 3.05) is 32.7 Å². The normalized spacial score (nSPS) is 17.1. The minimum Gasteiger partial charge on any atom is -0.336 e. The number of carbonyl (C=O) groups excluding carboxylic acids is 1. The number of carbonyl (C=O) groups is 1. The molecule has 0 aliphatic carbocycles. The molecule has 6 nitrogen and oxygen atoms in total. The number of hydrogen-bond acceptors (Lipinski definition) is 5. The average molecular weight is 291 g/mol. The minimum absolute atomic E-state index is 0.0140. The highest BCUT2D eigenvalue weighted by Crippen LogP contribution is 2.17. The van der Waals surface area contributed by atoms with E-state index in [0.717, 1.165) is 31.9 Å². The van der Waals surface area contributed by atoms with Crippen LogP contribution in [-0.2, 0) is 0 Å². The molecule has 6 heteroatoms. The molecule has 0 unspecified atom stereocenters. The standard InChI is InChI=1S/C15H25N5O/c1-11-9-13(12(2)18-17-11)14(21)19-5-7-20(8-6-19)15(3,4)10-16/h9H,5-8,10,16H2,1-4H3. The highest BCUT2D eigenvalue weighted by Gasteiger charge is 2.30.